The molecular weight excluding hydrogens is 617 g/mol. The molecule has 0 aromatic heterocycles. The van der Waals surface area contributed by atoms with E-state index in [2.05, 4.69) is 41.8 Å². The summed E-state index contributed by atoms with van der Waals surface area (Å²) < 4.78 is 10.9. The largest absolute Gasteiger partial charge is 0.497 e. The van der Waals surface area contributed by atoms with Crippen molar-refractivity contribution in [2.24, 2.45) is 0 Å². The highest BCUT2D eigenvalue weighted by molar-refractivity contribution is 6.15. The van der Waals surface area contributed by atoms with E-state index in [-0.39, 0.29) is 11.6 Å². The molecule has 0 unspecified atom stereocenters. The van der Waals surface area contributed by atoms with Crippen molar-refractivity contribution in [3.63, 3.8) is 0 Å². The summed E-state index contributed by atoms with van der Waals surface area (Å²) >= 11 is 0. The molecule has 0 atom stereocenters. The van der Waals surface area contributed by atoms with Crippen molar-refractivity contribution in [2.45, 2.75) is 5.41 Å². The van der Waals surface area contributed by atoms with Gasteiger partial charge in [-0.25, -0.2) is 0 Å². The first kappa shape index (κ1) is 30.7. The highest BCUT2D eigenvalue weighted by Gasteiger charge is 2.48. The van der Waals surface area contributed by atoms with Gasteiger partial charge < -0.3 is 9.47 Å². The third-order valence-electron chi connectivity index (χ3n) is 9.51. The summed E-state index contributed by atoms with van der Waals surface area (Å²) in [5.74, 6) is 6.89. The summed E-state index contributed by atoms with van der Waals surface area (Å²) in [4.78, 5) is 29.2. The zero-order chi connectivity index (χ0) is 34.2. The minimum atomic E-state index is -1.36. The maximum atomic E-state index is 15.3. The number of rotatable bonds is 6. The van der Waals surface area contributed by atoms with Gasteiger partial charge in [0.2, 0.25) is 5.78 Å². The topological polar surface area (TPSA) is 52.6 Å². The molecule has 4 heteroatoms. The Labute approximate surface area is 291 Å². The number of carbonyl (C=O) groups excluding carboxylic acids is 2. The molecule has 8 rings (SSSR count). The summed E-state index contributed by atoms with van der Waals surface area (Å²) in [6.45, 7) is 0. The number of carbonyl (C=O) groups is 2. The Morgan fingerprint density at radius 3 is 1.52 bits per heavy atom. The zero-order valence-corrected chi connectivity index (χ0v) is 27.5. The predicted octanol–water partition coefficient (Wildman–Crippen LogP) is 9.38. The molecule has 0 aliphatic heterocycles. The number of Topliss-reactive ketones (excluding diaryl/α,β-unsaturated/α-hetero) is 2. The standard InChI is InChI=1S/C46H30O4/c1-49-32-15-11-13-30(27-32)44(47)25-26-46(41-23-9-7-21-38(41)39-22-8-10-24-42(39)46)43(45(48)31-14-12-16-33(28-31)50-2)29-40-36-19-5-3-17-34(36)35-18-4-6-20-37(35)40/h3-24,27-28H,1-2H3. The number of hydrogen-bond acceptors (Lipinski definition) is 4. The predicted molar refractivity (Wildman–Crippen MR) is 196 cm³/mol. The normalized spacial score (nSPS) is 12.6. The van der Waals surface area contributed by atoms with Crippen LogP contribution in [0, 0.1) is 11.8 Å². The van der Waals surface area contributed by atoms with Crippen LogP contribution in [0.5, 0.6) is 11.5 Å². The van der Waals surface area contributed by atoms with Crippen LogP contribution in [0.2, 0.25) is 0 Å². The van der Waals surface area contributed by atoms with E-state index in [1.54, 1.807) is 56.7 Å². The van der Waals surface area contributed by atoms with Gasteiger partial charge in [-0.1, -0.05) is 127 Å². The van der Waals surface area contributed by atoms with Crippen molar-refractivity contribution in [3.05, 3.63) is 190 Å². The van der Waals surface area contributed by atoms with Gasteiger partial charge in [-0.15, -0.1) is 5.73 Å². The molecule has 2 aliphatic rings. The van der Waals surface area contributed by atoms with E-state index in [4.69, 9.17) is 9.47 Å². The molecule has 6 aromatic carbocycles. The molecule has 2 aliphatic carbocycles. The molecule has 0 spiro atoms. The number of ether oxygens (including phenoxy) is 2. The molecule has 238 valence electrons. The Morgan fingerprint density at radius 1 is 0.520 bits per heavy atom. The van der Waals surface area contributed by atoms with E-state index < -0.39 is 5.41 Å². The average molecular weight is 647 g/mol. The molecule has 0 saturated heterocycles. The highest BCUT2D eigenvalue weighted by Crippen LogP contribution is 2.54. The first-order valence-corrected chi connectivity index (χ1v) is 16.3. The number of methoxy groups -OCH3 is 2. The van der Waals surface area contributed by atoms with Crippen LogP contribution in [-0.2, 0) is 5.41 Å². The lowest BCUT2D eigenvalue weighted by molar-refractivity contribution is 0.102. The fourth-order valence-corrected chi connectivity index (χ4v) is 7.19. The van der Waals surface area contributed by atoms with Gasteiger partial charge in [0, 0.05) is 16.7 Å². The molecule has 0 heterocycles. The summed E-state index contributed by atoms with van der Waals surface area (Å²) in [6.07, 6.45) is 0. The number of ketones is 2. The fraction of sp³-hybridized carbons (Fsp3) is 0.0652. The zero-order valence-electron chi connectivity index (χ0n) is 27.5. The van der Waals surface area contributed by atoms with Crippen LogP contribution < -0.4 is 9.47 Å². The van der Waals surface area contributed by atoms with E-state index in [0.717, 1.165) is 50.1 Å². The second-order valence-electron chi connectivity index (χ2n) is 12.2. The Kier molecular flexibility index (Phi) is 7.61. The quantitative estimate of drug-likeness (QED) is 0.0594. The third-order valence-corrected chi connectivity index (χ3v) is 9.51. The van der Waals surface area contributed by atoms with Gasteiger partial charge in [0.1, 0.15) is 16.9 Å². The summed E-state index contributed by atoms with van der Waals surface area (Å²) in [5, 5.41) is 0. The van der Waals surface area contributed by atoms with Crippen molar-refractivity contribution in [1.29, 1.82) is 0 Å². The molecule has 0 N–H and O–H groups in total. The molecule has 0 fully saturated rings. The summed E-state index contributed by atoms with van der Waals surface area (Å²) in [5.41, 5.74) is 11.9. The molecule has 4 nitrogen and oxygen atoms in total. The van der Waals surface area contributed by atoms with Crippen LogP contribution in [0.15, 0.2) is 157 Å². The van der Waals surface area contributed by atoms with E-state index in [0.29, 0.717) is 28.2 Å². The molecular formula is C46H30O4. The molecule has 50 heavy (non-hydrogen) atoms. The second-order valence-corrected chi connectivity index (χ2v) is 12.2. The Bertz CT molecular complexity index is 2410. The maximum absolute atomic E-state index is 15.3. The Morgan fingerprint density at radius 2 is 0.980 bits per heavy atom. The van der Waals surface area contributed by atoms with E-state index in [9.17, 15) is 4.79 Å². The van der Waals surface area contributed by atoms with Gasteiger partial charge in [0.25, 0.3) is 0 Å². The molecule has 0 radical (unpaired) electrons. The van der Waals surface area contributed by atoms with Gasteiger partial charge in [-0.2, -0.15) is 0 Å². The summed E-state index contributed by atoms with van der Waals surface area (Å²) in [7, 11) is 3.14. The van der Waals surface area contributed by atoms with Crippen LogP contribution in [0.3, 0.4) is 0 Å². The van der Waals surface area contributed by atoms with Crippen molar-refractivity contribution in [1.82, 2.24) is 0 Å². The first-order valence-electron chi connectivity index (χ1n) is 16.3. The minimum Gasteiger partial charge on any atom is -0.497 e. The lowest BCUT2D eigenvalue weighted by Gasteiger charge is -2.28. The SMILES string of the molecule is COc1cccc(C(=O)C#CC2(C(=C=C3c4ccccc4-c4ccccc43)C(=O)c3cccc(OC)c3)c3ccccc3-c3ccccc32)c1. The van der Waals surface area contributed by atoms with E-state index >= 15 is 4.79 Å². The van der Waals surface area contributed by atoms with Crippen LogP contribution in [0.4, 0.5) is 0 Å². The number of allylic oxidation sites excluding steroid dienone is 1. The molecule has 0 bridgehead atoms. The van der Waals surface area contributed by atoms with Crippen LogP contribution in [0.1, 0.15) is 43.0 Å². The van der Waals surface area contributed by atoms with Crippen molar-refractivity contribution >= 4 is 17.1 Å². The summed E-state index contributed by atoms with van der Waals surface area (Å²) in [6, 6.07) is 46.4. The van der Waals surface area contributed by atoms with E-state index in [1.165, 1.54) is 0 Å². The van der Waals surface area contributed by atoms with E-state index in [1.807, 2.05) is 78.9 Å². The fourth-order valence-electron chi connectivity index (χ4n) is 7.19. The lowest BCUT2D eigenvalue weighted by Crippen LogP contribution is -2.31. The van der Waals surface area contributed by atoms with Crippen LogP contribution >= 0.6 is 0 Å². The van der Waals surface area contributed by atoms with Crippen LogP contribution in [-0.4, -0.2) is 25.8 Å². The Balaban J connectivity index is 1.51. The first-order chi connectivity index (χ1) is 24.5. The van der Waals surface area contributed by atoms with Gasteiger partial charge in [-0.3, -0.25) is 9.59 Å². The van der Waals surface area contributed by atoms with Gasteiger partial charge >= 0.3 is 0 Å². The van der Waals surface area contributed by atoms with Crippen molar-refractivity contribution in [3.8, 4) is 45.6 Å². The molecule has 0 saturated carbocycles. The second kappa shape index (κ2) is 12.4. The maximum Gasteiger partial charge on any atom is 0.236 e. The smallest absolute Gasteiger partial charge is 0.236 e. The number of fused-ring (bicyclic) bond motifs is 6. The van der Waals surface area contributed by atoms with Gasteiger partial charge in [-0.05, 0) is 74.7 Å². The molecule has 0 amide bonds. The highest BCUT2D eigenvalue weighted by atomic mass is 16.5. The monoisotopic (exact) mass is 646 g/mol. The van der Waals surface area contributed by atoms with Gasteiger partial charge in [0.15, 0.2) is 5.78 Å². The van der Waals surface area contributed by atoms with Crippen molar-refractivity contribution in [2.75, 3.05) is 14.2 Å². The van der Waals surface area contributed by atoms with Crippen LogP contribution in [0.25, 0.3) is 27.8 Å². The minimum absolute atomic E-state index is 0.270. The third kappa shape index (κ3) is 4.89. The Hall–Kier alpha value is -6.66. The molecule has 6 aromatic rings. The van der Waals surface area contributed by atoms with Crippen molar-refractivity contribution < 1.29 is 19.1 Å². The average Bonchev–Trinajstić information content (AvgIpc) is 3.66. The number of hydrogen-bond donors (Lipinski definition) is 0. The number of benzene rings is 6. The van der Waals surface area contributed by atoms with Gasteiger partial charge in [0.05, 0.1) is 19.8 Å². The lowest BCUT2D eigenvalue weighted by atomic mass is 9.70.